The first kappa shape index (κ1) is 14.5. The normalized spacial score (nSPS) is 12.1. The first-order valence-electron chi connectivity index (χ1n) is 7.11. The minimum atomic E-state index is 0.140. The molecule has 0 spiro atoms. The van der Waals surface area contributed by atoms with Crippen molar-refractivity contribution in [1.82, 2.24) is 0 Å². The summed E-state index contributed by atoms with van der Waals surface area (Å²) in [6, 6.07) is 16.4. The lowest BCUT2D eigenvalue weighted by Crippen LogP contribution is -2.09. The summed E-state index contributed by atoms with van der Waals surface area (Å²) in [7, 11) is 0. The predicted molar refractivity (Wildman–Crippen MR) is 82.9 cm³/mol. The number of hydrogen-bond acceptors (Lipinski definition) is 2. The van der Waals surface area contributed by atoms with E-state index in [-0.39, 0.29) is 6.04 Å². The molecule has 0 fully saturated rings. The molecule has 0 amide bonds. The maximum absolute atomic E-state index is 10.6. The van der Waals surface area contributed by atoms with Crippen LogP contribution in [0.4, 0.5) is 0 Å². The maximum atomic E-state index is 10.6. The average Bonchev–Trinajstić information content (AvgIpc) is 2.49. The van der Waals surface area contributed by atoms with E-state index >= 15 is 0 Å². The van der Waals surface area contributed by atoms with E-state index in [0.29, 0.717) is 0 Å². The molecule has 2 aromatic carbocycles. The van der Waals surface area contributed by atoms with Gasteiger partial charge >= 0.3 is 0 Å². The Kier molecular flexibility index (Phi) is 5.08. The summed E-state index contributed by atoms with van der Waals surface area (Å²) in [4.78, 5) is 10.6. The van der Waals surface area contributed by atoms with Gasteiger partial charge in [-0.3, -0.25) is 4.79 Å². The third kappa shape index (κ3) is 3.78. The van der Waals surface area contributed by atoms with Crippen LogP contribution in [0.2, 0.25) is 0 Å². The van der Waals surface area contributed by atoms with Crippen molar-refractivity contribution in [3.8, 4) is 0 Å². The minimum Gasteiger partial charge on any atom is -0.324 e. The minimum absolute atomic E-state index is 0.140. The van der Waals surface area contributed by atoms with Crippen LogP contribution in [0.15, 0.2) is 48.5 Å². The van der Waals surface area contributed by atoms with Crippen LogP contribution in [0.3, 0.4) is 0 Å². The van der Waals surface area contributed by atoms with Crippen molar-refractivity contribution in [3.05, 3.63) is 70.8 Å². The first-order valence-corrected chi connectivity index (χ1v) is 7.11. The van der Waals surface area contributed by atoms with Crippen molar-refractivity contribution in [2.24, 2.45) is 5.73 Å². The number of aldehydes is 1. The molecule has 20 heavy (non-hydrogen) atoms. The third-order valence-electron chi connectivity index (χ3n) is 3.53. The van der Waals surface area contributed by atoms with Gasteiger partial charge in [0.1, 0.15) is 6.29 Å². The Bertz CT molecular complexity index is 543. The highest BCUT2D eigenvalue weighted by molar-refractivity contribution is 5.74. The van der Waals surface area contributed by atoms with Gasteiger partial charge in [0, 0.05) is 11.6 Å². The number of rotatable bonds is 6. The van der Waals surface area contributed by atoms with Crippen LogP contribution in [0.5, 0.6) is 0 Å². The Morgan fingerprint density at radius 1 is 1.00 bits per heavy atom. The lowest BCUT2D eigenvalue weighted by atomic mass is 9.99. The second-order valence-corrected chi connectivity index (χ2v) is 5.17. The molecule has 0 unspecified atom stereocenters. The lowest BCUT2D eigenvalue weighted by molar-refractivity contribution is 0.112. The standard InChI is InChI=1S/C18H21NO/c1-2-3-18(19)17-10-8-15(9-11-17)12-14-4-6-16(13-20)7-5-14/h4-11,13,18H,2-3,12,19H2,1H3/t18-/m0/s1. The van der Waals surface area contributed by atoms with E-state index < -0.39 is 0 Å². The lowest BCUT2D eigenvalue weighted by Gasteiger charge is -2.11. The molecule has 0 aromatic heterocycles. The summed E-state index contributed by atoms with van der Waals surface area (Å²) in [5, 5.41) is 0. The molecule has 104 valence electrons. The molecule has 0 aliphatic rings. The van der Waals surface area contributed by atoms with Gasteiger partial charge in [-0.15, -0.1) is 0 Å². The fourth-order valence-electron chi connectivity index (χ4n) is 2.31. The highest BCUT2D eigenvalue weighted by Crippen LogP contribution is 2.18. The van der Waals surface area contributed by atoms with E-state index in [0.717, 1.165) is 31.1 Å². The van der Waals surface area contributed by atoms with E-state index in [2.05, 4.69) is 31.2 Å². The molecule has 0 bridgehead atoms. The van der Waals surface area contributed by atoms with E-state index in [4.69, 9.17) is 5.73 Å². The van der Waals surface area contributed by atoms with Gasteiger partial charge < -0.3 is 5.73 Å². The van der Waals surface area contributed by atoms with Gasteiger partial charge in [0.25, 0.3) is 0 Å². The van der Waals surface area contributed by atoms with Crippen LogP contribution in [0.25, 0.3) is 0 Å². The summed E-state index contributed by atoms with van der Waals surface area (Å²) < 4.78 is 0. The smallest absolute Gasteiger partial charge is 0.150 e. The molecule has 0 saturated heterocycles. The molecular formula is C18H21NO. The van der Waals surface area contributed by atoms with E-state index in [1.807, 2.05) is 24.3 Å². The van der Waals surface area contributed by atoms with E-state index in [1.54, 1.807) is 0 Å². The first-order chi connectivity index (χ1) is 9.72. The highest BCUT2D eigenvalue weighted by atomic mass is 16.1. The zero-order valence-corrected chi connectivity index (χ0v) is 11.9. The quantitative estimate of drug-likeness (QED) is 0.807. The zero-order valence-electron chi connectivity index (χ0n) is 11.9. The van der Waals surface area contributed by atoms with E-state index in [1.165, 1.54) is 16.7 Å². The number of nitrogens with two attached hydrogens (primary N) is 1. The molecule has 2 aromatic rings. The molecule has 2 N–H and O–H groups in total. The summed E-state index contributed by atoms with van der Waals surface area (Å²) in [6.45, 7) is 2.15. The molecule has 0 heterocycles. The van der Waals surface area contributed by atoms with Crippen molar-refractivity contribution in [3.63, 3.8) is 0 Å². The zero-order chi connectivity index (χ0) is 14.4. The van der Waals surface area contributed by atoms with Gasteiger partial charge in [0.2, 0.25) is 0 Å². The predicted octanol–water partition coefficient (Wildman–Crippen LogP) is 3.89. The molecule has 0 aliphatic carbocycles. The molecule has 1 atom stereocenters. The largest absolute Gasteiger partial charge is 0.324 e. The van der Waals surface area contributed by atoms with Crippen molar-refractivity contribution in [1.29, 1.82) is 0 Å². The van der Waals surface area contributed by atoms with Crippen LogP contribution < -0.4 is 5.73 Å². The Labute approximate surface area is 120 Å². The molecule has 2 nitrogen and oxygen atoms in total. The van der Waals surface area contributed by atoms with Crippen LogP contribution in [0, 0.1) is 0 Å². The molecule has 0 aliphatic heterocycles. The monoisotopic (exact) mass is 267 g/mol. The third-order valence-corrected chi connectivity index (χ3v) is 3.53. The van der Waals surface area contributed by atoms with Crippen molar-refractivity contribution in [2.75, 3.05) is 0 Å². The van der Waals surface area contributed by atoms with Gasteiger partial charge in [-0.25, -0.2) is 0 Å². The number of carbonyl (C=O) groups excluding carboxylic acids is 1. The van der Waals surface area contributed by atoms with Crippen molar-refractivity contribution < 1.29 is 4.79 Å². The van der Waals surface area contributed by atoms with Crippen LogP contribution in [0.1, 0.15) is 52.9 Å². The van der Waals surface area contributed by atoms with Crippen LogP contribution in [-0.2, 0) is 6.42 Å². The molecule has 0 radical (unpaired) electrons. The fourth-order valence-corrected chi connectivity index (χ4v) is 2.31. The van der Waals surface area contributed by atoms with Crippen LogP contribution >= 0.6 is 0 Å². The summed E-state index contributed by atoms with van der Waals surface area (Å²) >= 11 is 0. The average molecular weight is 267 g/mol. The van der Waals surface area contributed by atoms with Gasteiger partial charge in [-0.2, -0.15) is 0 Å². The Hall–Kier alpha value is -1.93. The molecular weight excluding hydrogens is 246 g/mol. The number of benzene rings is 2. The van der Waals surface area contributed by atoms with Crippen molar-refractivity contribution in [2.45, 2.75) is 32.2 Å². The Morgan fingerprint density at radius 3 is 2.05 bits per heavy atom. The van der Waals surface area contributed by atoms with E-state index in [9.17, 15) is 4.79 Å². The van der Waals surface area contributed by atoms with Gasteiger partial charge in [-0.05, 0) is 29.5 Å². The second kappa shape index (κ2) is 7.01. The number of carbonyl (C=O) groups is 1. The summed E-state index contributed by atoms with van der Waals surface area (Å²) in [6.07, 6.45) is 3.87. The van der Waals surface area contributed by atoms with Gasteiger partial charge in [0.05, 0.1) is 0 Å². The Morgan fingerprint density at radius 2 is 1.55 bits per heavy atom. The van der Waals surface area contributed by atoms with Crippen molar-refractivity contribution >= 4 is 6.29 Å². The summed E-state index contributed by atoms with van der Waals surface area (Å²) in [5.74, 6) is 0. The molecule has 2 rings (SSSR count). The highest BCUT2D eigenvalue weighted by Gasteiger charge is 2.04. The van der Waals surface area contributed by atoms with Crippen LogP contribution in [-0.4, -0.2) is 6.29 Å². The van der Waals surface area contributed by atoms with Gasteiger partial charge in [-0.1, -0.05) is 61.9 Å². The Balaban J connectivity index is 2.04. The SMILES string of the molecule is CCC[C@H](N)c1ccc(Cc2ccc(C=O)cc2)cc1. The molecule has 0 saturated carbocycles. The van der Waals surface area contributed by atoms with Gasteiger partial charge in [0.15, 0.2) is 0 Å². The maximum Gasteiger partial charge on any atom is 0.150 e. The second-order valence-electron chi connectivity index (χ2n) is 5.17. The fraction of sp³-hybridized carbons (Fsp3) is 0.278. The topological polar surface area (TPSA) is 43.1 Å². The summed E-state index contributed by atoms with van der Waals surface area (Å²) in [5.41, 5.74) is 10.5. The number of hydrogen-bond donors (Lipinski definition) is 1. The molecule has 2 heteroatoms.